The molecule has 2 rings (SSSR count). The summed E-state index contributed by atoms with van der Waals surface area (Å²) in [6.45, 7) is 7.61. The highest BCUT2D eigenvalue weighted by Crippen LogP contribution is 2.19. The fourth-order valence-corrected chi connectivity index (χ4v) is 3.32. The summed E-state index contributed by atoms with van der Waals surface area (Å²) >= 11 is 0. The van der Waals surface area contributed by atoms with Gasteiger partial charge in [0.1, 0.15) is 0 Å². The van der Waals surface area contributed by atoms with Crippen molar-refractivity contribution in [2.75, 3.05) is 26.2 Å². The zero-order valence-electron chi connectivity index (χ0n) is 13.0. The van der Waals surface area contributed by atoms with E-state index in [0.29, 0.717) is 18.6 Å². The van der Waals surface area contributed by atoms with Gasteiger partial charge in [-0.3, -0.25) is 9.69 Å². The summed E-state index contributed by atoms with van der Waals surface area (Å²) in [5.74, 6) is 0.169. The van der Waals surface area contributed by atoms with E-state index < -0.39 is 0 Å². The molecule has 0 aromatic heterocycles. The van der Waals surface area contributed by atoms with Gasteiger partial charge in [0.15, 0.2) is 0 Å². The number of nitrogens with one attached hydrogen (secondary N) is 2. The van der Waals surface area contributed by atoms with Crippen molar-refractivity contribution < 1.29 is 4.79 Å². The predicted octanol–water partition coefficient (Wildman–Crippen LogP) is 1.68. The van der Waals surface area contributed by atoms with E-state index in [1.54, 1.807) is 0 Å². The molecule has 4 nitrogen and oxygen atoms in total. The lowest BCUT2D eigenvalue weighted by atomic mass is 9.97. The molecule has 1 aliphatic carbocycles. The summed E-state index contributed by atoms with van der Waals surface area (Å²) in [7, 11) is 0. The van der Waals surface area contributed by atoms with Crippen molar-refractivity contribution in [3.05, 3.63) is 11.6 Å². The number of amides is 1. The monoisotopic (exact) mass is 279 g/mol. The highest BCUT2D eigenvalue weighted by atomic mass is 16.2. The number of carbonyl (C=O) groups is 1. The van der Waals surface area contributed by atoms with Crippen LogP contribution in [0.1, 0.15) is 46.0 Å². The van der Waals surface area contributed by atoms with Gasteiger partial charge in [-0.1, -0.05) is 11.6 Å². The van der Waals surface area contributed by atoms with Crippen LogP contribution in [0.4, 0.5) is 0 Å². The normalized spacial score (nSPS) is 28.0. The minimum absolute atomic E-state index is 0.169. The largest absolute Gasteiger partial charge is 0.355 e. The molecule has 0 aromatic carbocycles. The minimum Gasteiger partial charge on any atom is -0.355 e. The van der Waals surface area contributed by atoms with Crippen molar-refractivity contribution >= 4 is 5.91 Å². The third-order valence-corrected chi connectivity index (χ3v) is 4.15. The Morgan fingerprint density at radius 1 is 1.35 bits per heavy atom. The Hall–Kier alpha value is -0.870. The Balaban J connectivity index is 1.63. The molecule has 0 aromatic rings. The topological polar surface area (TPSA) is 44.4 Å². The van der Waals surface area contributed by atoms with Gasteiger partial charge in [-0.25, -0.2) is 0 Å². The molecule has 0 saturated carbocycles. The molecule has 0 bridgehead atoms. The van der Waals surface area contributed by atoms with Crippen LogP contribution in [0, 0.1) is 0 Å². The first-order chi connectivity index (χ1) is 9.63. The lowest BCUT2D eigenvalue weighted by molar-refractivity contribution is -0.122. The van der Waals surface area contributed by atoms with Crippen LogP contribution in [0.25, 0.3) is 0 Å². The van der Waals surface area contributed by atoms with E-state index in [1.165, 1.54) is 31.3 Å². The number of hydrogen-bond donors (Lipinski definition) is 2. The average Bonchev–Trinajstić information content (AvgIpc) is 2.38. The van der Waals surface area contributed by atoms with Gasteiger partial charge in [0.25, 0.3) is 0 Å². The summed E-state index contributed by atoms with van der Waals surface area (Å²) in [4.78, 5) is 14.2. The molecule has 2 N–H and O–H groups in total. The average molecular weight is 279 g/mol. The second-order valence-electron chi connectivity index (χ2n) is 6.37. The first-order valence-corrected chi connectivity index (χ1v) is 8.06. The third-order valence-electron chi connectivity index (χ3n) is 4.15. The van der Waals surface area contributed by atoms with Crippen LogP contribution >= 0.6 is 0 Å². The van der Waals surface area contributed by atoms with Gasteiger partial charge in [0, 0.05) is 31.7 Å². The highest BCUT2D eigenvalue weighted by Gasteiger charge is 2.22. The van der Waals surface area contributed by atoms with Gasteiger partial charge in [0.2, 0.25) is 5.91 Å². The fraction of sp³-hybridized carbons (Fsp3) is 0.812. The van der Waals surface area contributed by atoms with Crippen molar-refractivity contribution in [3.8, 4) is 0 Å². The highest BCUT2D eigenvalue weighted by molar-refractivity contribution is 5.78. The molecule has 114 valence electrons. The Kier molecular flexibility index (Phi) is 6.05. The second-order valence-corrected chi connectivity index (χ2v) is 6.37. The molecule has 1 aliphatic heterocycles. The van der Waals surface area contributed by atoms with E-state index in [0.717, 1.165) is 26.1 Å². The van der Waals surface area contributed by atoms with Gasteiger partial charge in [-0.2, -0.15) is 0 Å². The number of allylic oxidation sites excluding steroid dienone is 1. The van der Waals surface area contributed by atoms with Crippen molar-refractivity contribution in [3.63, 3.8) is 0 Å². The van der Waals surface area contributed by atoms with Gasteiger partial charge in [0.05, 0.1) is 6.54 Å². The van der Waals surface area contributed by atoms with Crippen LogP contribution in [-0.2, 0) is 4.79 Å². The fourth-order valence-electron chi connectivity index (χ4n) is 3.32. The summed E-state index contributed by atoms with van der Waals surface area (Å²) in [6.07, 6.45) is 8.48. The molecule has 2 unspecified atom stereocenters. The van der Waals surface area contributed by atoms with Crippen LogP contribution in [0.2, 0.25) is 0 Å². The van der Waals surface area contributed by atoms with Gasteiger partial charge in [-0.05, 0) is 46.0 Å². The van der Waals surface area contributed by atoms with Gasteiger partial charge >= 0.3 is 0 Å². The molecule has 2 aliphatic rings. The minimum atomic E-state index is 0.169. The molecule has 1 heterocycles. The van der Waals surface area contributed by atoms with E-state index >= 15 is 0 Å². The Labute approximate surface area is 123 Å². The molecule has 1 saturated heterocycles. The van der Waals surface area contributed by atoms with Gasteiger partial charge < -0.3 is 10.6 Å². The SMILES string of the molecule is CC1CN(CC(=O)NCCC2=CCCCC2)CC(C)N1. The Bertz CT molecular complexity index is 344. The second kappa shape index (κ2) is 7.79. The predicted molar refractivity (Wildman–Crippen MR) is 82.7 cm³/mol. The summed E-state index contributed by atoms with van der Waals surface area (Å²) in [6, 6.07) is 0.942. The standard InChI is InChI=1S/C16H29N3O/c1-13-10-19(11-14(2)18-13)12-16(20)17-9-8-15-6-4-3-5-7-15/h6,13-14,18H,3-5,7-12H2,1-2H3,(H,17,20). The van der Waals surface area contributed by atoms with Crippen molar-refractivity contribution in [2.24, 2.45) is 0 Å². The van der Waals surface area contributed by atoms with Crippen molar-refractivity contribution in [1.29, 1.82) is 0 Å². The van der Waals surface area contributed by atoms with Crippen LogP contribution < -0.4 is 10.6 Å². The number of rotatable bonds is 5. The summed E-state index contributed by atoms with van der Waals surface area (Å²) < 4.78 is 0. The third kappa shape index (κ3) is 5.25. The molecule has 2 atom stereocenters. The molecule has 1 fully saturated rings. The van der Waals surface area contributed by atoms with Crippen LogP contribution in [0.15, 0.2) is 11.6 Å². The summed E-state index contributed by atoms with van der Waals surface area (Å²) in [5.41, 5.74) is 1.53. The Morgan fingerprint density at radius 3 is 2.75 bits per heavy atom. The van der Waals surface area contributed by atoms with Crippen LogP contribution in [0.3, 0.4) is 0 Å². The zero-order valence-corrected chi connectivity index (χ0v) is 13.0. The van der Waals surface area contributed by atoms with E-state index in [-0.39, 0.29) is 5.91 Å². The smallest absolute Gasteiger partial charge is 0.234 e. The maximum Gasteiger partial charge on any atom is 0.234 e. The van der Waals surface area contributed by atoms with Crippen LogP contribution in [0.5, 0.6) is 0 Å². The van der Waals surface area contributed by atoms with Gasteiger partial charge in [-0.15, -0.1) is 0 Å². The molecular weight excluding hydrogens is 250 g/mol. The number of carbonyl (C=O) groups excluding carboxylic acids is 1. The maximum atomic E-state index is 12.0. The first kappa shape index (κ1) is 15.5. The maximum absolute atomic E-state index is 12.0. The lowest BCUT2D eigenvalue weighted by Gasteiger charge is -2.35. The van der Waals surface area contributed by atoms with E-state index in [2.05, 4.69) is 35.5 Å². The molecule has 20 heavy (non-hydrogen) atoms. The molecule has 4 heteroatoms. The quantitative estimate of drug-likeness (QED) is 0.753. The van der Waals surface area contributed by atoms with E-state index in [4.69, 9.17) is 0 Å². The molecule has 0 spiro atoms. The van der Waals surface area contributed by atoms with Crippen molar-refractivity contribution in [2.45, 2.75) is 58.0 Å². The summed E-state index contributed by atoms with van der Waals surface area (Å²) in [5, 5.41) is 6.55. The zero-order chi connectivity index (χ0) is 14.4. The number of nitrogens with zero attached hydrogens (tertiary/aromatic N) is 1. The molecule has 1 amide bonds. The molecule has 0 radical (unpaired) electrons. The number of hydrogen-bond acceptors (Lipinski definition) is 3. The number of piperazine rings is 1. The molecular formula is C16H29N3O. The van der Waals surface area contributed by atoms with Crippen molar-refractivity contribution in [1.82, 2.24) is 15.5 Å². The van der Waals surface area contributed by atoms with E-state index in [9.17, 15) is 4.79 Å². The first-order valence-electron chi connectivity index (χ1n) is 8.06. The van der Waals surface area contributed by atoms with Crippen LogP contribution in [-0.4, -0.2) is 49.1 Å². The Morgan fingerprint density at radius 2 is 2.10 bits per heavy atom. The van der Waals surface area contributed by atoms with E-state index in [1.807, 2.05) is 0 Å². The lowest BCUT2D eigenvalue weighted by Crippen LogP contribution is -2.56.